The molecule has 0 atom stereocenters. The predicted molar refractivity (Wildman–Crippen MR) is 103 cm³/mol. The topological polar surface area (TPSA) is 86.1 Å². The maximum atomic E-state index is 12.3. The Morgan fingerprint density at radius 1 is 1.26 bits per heavy atom. The van der Waals surface area contributed by atoms with Gasteiger partial charge in [-0.05, 0) is 30.7 Å². The molecule has 0 radical (unpaired) electrons. The highest BCUT2D eigenvalue weighted by Gasteiger charge is 2.12. The van der Waals surface area contributed by atoms with Crippen molar-refractivity contribution in [2.75, 3.05) is 12.4 Å². The number of carbonyl (C=O) groups excluding carboxylic acids is 1. The van der Waals surface area contributed by atoms with Crippen LogP contribution in [0.3, 0.4) is 0 Å². The van der Waals surface area contributed by atoms with E-state index in [0.717, 1.165) is 10.2 Å². The van der Waals surface area contributed by atoms with Gasteiger partial charge in [-0.25, -0.2) is 9.48 Å². The molecule has 1 N–H and O–H groups in total. The number of amides is 1. The van der Waals surface area contributed by atoms with Crippen LogP contribution in [-0.2, 0) is 11.3 Å². The van der Waals surface area contributed by atoms with Crippen molar-refractivity contribution in [3.63, 3.8) is 0 Å². The summed E-state index contributed by atoms with van der Waals surface area (Å²) in [5, 5.41) is 7.17. The Morgan fingerprint density at radius 2 is 2.04 bits per heavy atom. The highest BCUT2D eigenvalue weighted by Crippen LogP contribution is 2.25. The van der Waals surface area contributed by atoms with Gasteiger partial charge in [-0.2, -0.15) is 10.1 Å². The number of aromatic nitrogens is 3. The molecule has 0 aliphatic rings. The number of nitrogens with one attached hydrogen (secondary N) is 1. The first kappa shape index (κ1) is 18.6. The number of nitrogens with zero attached hydrogens (tertiary/aromatic N) is 3. The largest absolute Gasteiger partial charge is 0.497 e. The van der Waals surface area contributed by atoms with Crippen LogP contribution in [0.2, 0.25) is 5.02 Å². The average molecular weight is 385 g/mol. The summed E-state index contributed by atoms with van der Waals surface area (Å²) in [6.45, 7) is 1.56. The summed E-state index contributed by atoms with van der Waals surface area (Å²) in [5.41, 5.74) is 1.81. The molecule has 0 bridgehead atoms. The molecule has 0 saturated carbocycles. The molecule has 1 aromatic heterocycles. The Morgan fingerprint density at radius 3 is 2.74 bits per heavy atom. The molecule has 0 unspecified atom stereocenters. The molecule has 8 heteroatoms. The third-order valence-corrected chi connectivity index (χ3v) is 4.22. The van der Waals surface area contributed by atoms with E-state index in [4.69, 9.17) is 16.3 Å². The minimum absolute atomic E-state index is 0.269. The van der Waals surface area contributed by atoms with Crippen molar-refractivity contribution in [2.24, 2.45) is 0 Å². The lowest BCUT2D eigenvalue weighted by molar-refractivity contribution is -0.117. The van der Waals surface area contributed by atoms with Crippen molar-refractivity contribution in [1.29, 1.82) is 0 Å². The predicted octanol–water partition coefficient (Wildman–Crippen LogP) is 2.91. The Balaban J connectivity index is 1.78. The number of benzene rings is 2. The zero-order valence-electron chi connectivity index (χ0n) is 14.8. The molecule has 1 heterocycles. The normalized spacial score (nSPS) is 10.5. The molecule has 1 amide bonds. The van der Waals surface area contributed by atoms with Gasteiger partial charge in [-0.15, -0.1) is 0 Å². The maximum Gasteiger partial charge on any atom is 0.365 e. The fourth-order valence-electron chi connectivity index (χ4n) is 2.50. The van der Waals surface area contributed by atoms with E-state index in [0.29, 0.717) is 27.7 Å². The van der Waals surface area contributed by atoms with Crippen LogP contribution in [0.25, 0.3) is 11.3 Å². The molecule has 2 aromatic carbocycles. The minimum atomic E-state index is -0.624. The number of carbonyl (C=O) groups is 1. The SMILES string of the molecule is COc1cccc(-c2cnn(CC(=O)Nc3c(C)cccc3Cl)c(=O)n2)c1. The Hall–Kier alpha value is -3.19. The van der Waals surface area contributed by atoms with Crippen LogP contribution in [0.1, 0.15) is 5.56 Å². The van der Waals surface area contributed by atoms with Crippen molar-refractivity contribution in [3.8, 4) is 17.0 Å². The fourth-order valence-corrected chi connectivity index (χ4v) is 2.77. The fraction of sp³-hybridized carbons (Fsp3) is 0.158. The molecule has 0 saturated heterocycles. The van der Waals surface area contributed by atoms with Gasteiger partial charge in [0.15, 0.2) is 0 Å². The Kier molecular flexibility index (Phi) is 5.52. The van der Waals surface area contributed by atoms with Gasteiger partial charge in [0.1, 0.15) is 12.3 Å². The first-order valence-electron chi connectivity index (χ1n) is 8.11. The number of anilines is 1. The van der Waals surface area contributed by atoms with Crippen LogP contribution in [0, 0.1) is 6.92 Å². The first-order chi connectivity index (χ1) is 13.0. The van der Waals surface area contributed by atoms with Gasteiger partial charge in [-0.1, -0.05) is 35.9 Å². The van der Waals surface area contributed by atoms with Gasteiger partial charge < -0.3 is 10.1 Å². The summed E-state index contributed by atoms with van der Waals surface area (Å²) in [4.78, 5) is 28.5. The summed E-state index contributed by atoms with van der Waals surface area (Å²) < 4.78 is 6.15. The molecule has 0 fully saturated rings. The lowest BCUT2D eigenvalue weighted by atomic mass is 10.1. The quantitative estimate of drug-likeness (QED) is 0.731. The minimum Gasteiger partial charge on any atom is -0.497 e. The Labute approximate surface area is 160 Å². The number of para-hydroxylation sites is 1. The van der Waals surface area contributed by atoms with Crippen LogP contribution >= 0.6 is 11.6 Å². The zero-order chi connectivity index (χ0) is 19.4. The van der Waals surface area contributed by atoms with E-state index in [1.165, 1.54) is 6.20 Å². The van der Waals surface area contributed by atoms with E-state index >= 15 is 0 Å². The number of hydrogen-bond acceptors (Lipinski definition) is 5. The first-order valence-corrected chi connectivity index (χ1v) is 8.49. The number of hydrogen-bond donors (Lipinski definition) is 1. The van der Waals surface area contributed by atoms with E-state index in [1.54, 1.807) is 43.5 Å². The summed E-state index contributed by atoms with van der Waals surface area (Å²) in [6, 6.07) is 12.4. The van der Waals surface area contributed by atoms with Crippen LogP contribution < -0.4 is 15.7 Å². The molecule has 7 nitrogen and oxygen atoms in total. The summed E-state index contributed by atoms with van der Waals surface area (Å²) in [6.07, 6.45) is 1.43. The summed E-state index contributed by atoms with van der Waals surface area (Å²) in [5.74, 6) is 0.227. The average Bonchev–Trinajstić information content (AvgIpc) is 2.66. The van der Waals surface area contributed by atoms with Gasteiger partial charge in [0.25, 0.3) is 0 Å². The molecule has 0 aliphatic heterocycles. The maximum absolute atomic E-state index is 12.3. The van der Waals surface area contributed by atoms with Gasteiger partial charge in [0, 0.05) is 5.56 Å². The molecule has 3 aromatic rings. The lowest BCUT2D eigenvalue weighted by Crippen LogP contribution is -2.31. The van der Waals surface area contributed by atoms with Crippen LogP contribution in [0.4, 0.5) is 5.69 Å². The van der Waals surface area contributed by atoms with Crippen molar-refractivity contribution >= 4 is 23.2 Å². The van der Waals surface area contributed by atoms with E-state index in [1.807, 2.05) is 13.0 Å². The molecule has 0 spiro atoms. The smallest absolute Gasteiger partial charge is 0.365 e. The van der Waals surface area contributed by atoms with Gasteiger partial charge >= 0.3 is 5.69 Å². The molecule has 138 valence electrons. The number of aryl methyl sites for hydroxylation is 1. The van der Waals surface area contributed by atoms with Gasteiger partial charge in [0.2, 0.25) is 5.91 Å². The van der Waals surface area contributed by atoms with E-state index in [-0.39, 0.29) is 6.54 Å². The van der Waals surface area contributed by atoms with Crippen molar-refractivity contribution in [3.05, 3.63) is 69.7 Å². The number of methoxy groups -OCH3 is 1. The standard InChI is InChI=1S/C19H17ClN4O3/c1-12-5-3-8-15(20)18(12)23-17(25)11-24-19(26)22-16(10-21-24)13-6-4-7-14(9-13)27-2/h3-10H,11H2,1-2H3,(H,23,25). The third kappa shape index (κ3) is 4.32. The van der Waals surface area contributed by atoms with Crippen molar-refractivity contribution in [1.82, 2.24) is 14.8 Å². The summed E-state index contributed by atoms with van der Waals surface area (Å²) >= 11 is 6.10. The highest BCUT2D eigenvalue weighted by atomic mass is 35.5. The van der Waals surface area contributed by atoms with E-state index < -0.39 is 11.6 Å². The number of ether oxygens (including phenoxy) is 1. The second-order valence-electron chi connectivity index (χ2n) is 5.79. The molecule has 27 heavy (non-hydrogen) atoms. The van der Waals surface area contributed by atoms with Crippen LogP contribution in [-0.4, -0.2) is 27.8 Å². The molecule has 0 aliphatic carbocycles. The van der Waals surface area contributed by atoms with Crippen LogP contribution in [0.5, 0.6) is 5.75 Å². The third-order valence-electron chi connectivity index (χ3n) is 3.90. The Bertz CT molecular complexity index is 1030. The van der Waals surface area contributed by atoms with Crippen molar-refractivity contribution < 1.29 is 9.53 Å². The molecular weight excluding hydrogens is 368 g/mol. The number of halogens is 1. The lowest BCUT2D eigenvalue weighted by Gasteiger charge is -2.11. The second-order valence-corrected chi connectivity index (χ2v) is 6.20. The summed E-state index contributed by atoms with van der Waals surface area (Å²) in [7, 11) is 1.56. The van der Waals surface area contributed by atoms with Crippen molar-refractivity contribution in [2.45, 2.75) is 13.5 Å². The highest BCUT2D eigenvalue weighted by molar-refractivity contribution is 6.33. The monoisotopic (exact) mass is 384 g/mol. The zero-order valence-corrected chi connectivity index (χ0v) is 15.5. The van der Waals surface area contributed by atoms with Gasteiger partial charge in [-0.3, -0.25) is 4.79 Å². The van der Waals surface area contributed by atoms with Gasteiger partial charge in [0.05, 0.1) is 29.7 Å². The molecular formula is C19H17ClN4O3. The molecule has 3 rings (SSSR count). The van der Waals surface area contributed by atoms with Crippen LogP contribution in [0.15, 0.2) is 53.5 Å². The second kappa shape index (κ2) is 8.01. The van der Waals surface area contributed by atoms with E-state index in [2.05, 4.69) is 15.4 Å². The number of rotatable bonds is 5. The van der Waals surface area contributed by atoms with E-state index in [9.17, 15) is 9.59 Å².